The Morgan fingerprint density at radius 2 is 1.82 bits per heavy atom. The van der Waals surface area contributed by atoms with E-state index in [2.05, 4.69) is 42.4 Å². The Morgan fingerprint density at radius 3 is 2.45 bits per heavy atom. The van der Waals surface area contributed by atoms with Crippen LogP contribution in [0.15, 0.2) is 22.6 Å². The third-order valence-corrected chi connectivity index (χ3v) is 6.17. The average Bonchev–Trinajstić information content (AvgIpc) is 3.38. The van der Waals surface area contributed by atoms with Crippen LogP contribution in [0.2, 0.25) is 0 Å². The molecule has 178 valence electrons. The number of rotatable bonds is 10. The first-order chi connectivity index (χ1) is 15.7. The molecule has 0 spiro atoms. The molecule has 0 saturated heterocycles. The topological polar surface area (TPSA) is 118 Å². The lowest BCUT2D eigenvalue weighted by molar-refractivity contribution is -0.124. The summed E-state index contributed by atoms with van der Waals surface area (Å²) in [4.78, 5) is 13.3. The van der Waals surface area contributed by atoms with Crippen molar-refractivity contribution >= 4 is 17.2 Å². The molecule has 0 radical (unpaired) electrons. The lowest BCUT2D eigenvalue weighted by Gasteiger charge is -2.16. The zero-order valence-electron chi connectivity index (χ0n) is 19.6. The van der Waals surface area contributed by atoms with E-state index in [1.165, 1.54) is 10.4 Å². The third kappa shape index (κ3) is 6.40. The minimum Gasteiger partial charge on any atom is -0.490 e. The van der Waals surface area contributed by atoms with Gasteiger partial charge in [0.2, 0.25) is 11.8 Å². The highest BCUT2D eigenvalue weighted by atomic mass is 32.1. The number of carbonyl (C=O) groups excluding carboxylic acids is 1. The van der Waals surface area contributed by atoms with Gasteiger partial charge in [-0.2, -0.15) is 0 Å². The van der Waals surface area contributed by atoms with Crippen LogP contribution in [-0.4, -0.2) is 52.2 Å². The zero-order chi connectivity index (χ0) is 24.1. The lowest BCUT2D eigenvalue weighted by Crippen LogP contribution is -2.36. The van der Waals surface area contributed by atoms with Crippen LogP contribution in [0.3, 0.4) is 0 Å². The number of aryl methyl sites for hydroxylation is 3. The Bertz CT molecular complexity index is 1080. The molecule has 33 heavy (non-hydrogen) atoms. The van der Waals surface area contributed by atoms with Gasteiger partial charge < -0.3 is 24.7 Å². The number of aliphatic hydroxyl groups excluding tert-OH is 2. The van der Waals surface area contributed by atoms with Gasteiger partial charge in [-0.3, -0.25) is 4.79 Å². The number of nitrogens with zero attached hydrogens (tertiary/aromatic N) is 2. The van der Waals surface area contributed by atoms with E-state index in [-0.39, 0.29) is 13.2 Å². The maximum absolute atomic E-state index is 11.1. The van der Waals surface area contributed by atoms with Crippen molar-refractivity contribution in [1.29, 1.82) is 0 Å². The molecule has 0 fully saturated rings. The highest BCUT2D eigenvalue weighted by molar-refractivity contribution is 7.15. The summed E-state index contributed by atoms with van der Waals surface area (Å²) >= 11 is 1.66. The first-order valence-corrected chi connectivity index (χ1v) is 11.7. The van der Waals surface area contributed by atoms with Gasteiger partial charge in [-0.15, -0.1) is 21.5 Å². The molecule has 1 aromatic carbocycles. The predicted molar refractivity (Wildman–Crippen MR) is 127 cm³/mol. The van der Waals surface area contributed by atoms with Crippen molar-refractivity contribution in [3.63, 3.8) is 0 Å². The number of aromatic nitrogens is 2. The van der Waals surface area contributed by atoms with Gasteiger partial charge >= 0.3 is 0 Å². The quantitative estimate of drug-likeness (QED) is 0.413. The van der Waals surface area contributed by atoms with Crippen molar-refractivity contribution in [3.8, 4) is 28.0 Å². The van der Waals surface area contributed by atoms with Gasteiger partial charge in [-0.05, 0) is 68.0 Å². The second-order valence-corrected chi connectivity index (χ2v) is 9.82. The van der Waals surface area contributed by atoms with Crippen molar-refractivity contribution < 1.29 is 24.2 Å². The SMILES string of the molecule is Cc1cc(-c2nnc(-c3cc(CC(C)C)c(C)s3)o2)cc(C)c1OC[C@H](O)CNC(=O)CO. The van der Waals surface area contributed by atoms with Gasteiger partial charge in [0.15, 0.2) is 0 Å². The standard InChI is InChI=1S/C24H31N3O5S/c1-13(2)6-17-9-20(33-16(17)5)24-27-26-23(32-24)18-7-14(3)22(15(4)8-18)31-12-19(29)10-25-21(30)11-28/h7-9,13,19,28-29H,6,10-12H2,1-5H3,(H,25,30)/t19-/m1/s1. The van der Waals surface area contributed by atoms with E-state index in [1.807, 2.05) is 26.0 Å². The Morgan fingerprint density at radius 1 is 1.15 bits per heavy atom. The second kappa shape index (κ2) is 10.9. The van der Waals surface area contributed by atoms with Crippen molar-refractivity contribution in [2.45, 2.75) is 47.1 Å². The maximum atomic E-state index is 11.1. The number of thiophene rings is 1. The molecule has 0 saturated carbocycles. The molecule has 3 N–H and O–H groups in total. The fraction of sp³-hybridized carbons (Fsp3) is 0.458. The monoisotopic (exact) mass is 473 g/mol. The van der Waals surface area contributed by atoms with E-state index in [0.717, 1.165) is 28.0 Å². The van der Waals surface area contributed by atoms with Gasteiger partial charge in [-0.25, -0.2) is 0 Å². The molecule has 0 unspecified atom stereocenters. The maximum Gasteiger partial charge on any atom is 0.258 e. The Kier molecular flexibility index (Phi) is 8.23. The number of hydrogen-bond acceptors (Lipinski definition) is 8. The summed E-state index contributed by atoms with van der Waals surface area (Å²) in [6.45, 7) is 9.73. The van der Waals surface area contributed by atoms with Crippen LogP contribution < -0.4 is 10.1 Å². The first-order valence-electron chi connectivity index (χ1n) is 10.9. The number of hydrogen-bond donors (Lipinski definition) is 3. The number of carbonyl (C=O) groups is 1. The summed E-state index contributed by atoms with van der Waals surface area (Å²) in [5.74, 6) is 1.64. The number of aliphatic hydroxyl groups is 2. The fourth-order valence-corrected chi connectivity index (χ4v) is 4.51. The van der Waals surface area contributed by atoms with Crippen molar-refractivity contribution in [2.24, 2.45) is 5.92 Å². The van der Waals surface area contributed by atoms with Gasteiger partial charge in [0.1, 0.15) is 25.1 Å². The number of nitrogens with one attached hydrogen (secondary N) is 1. The van der Waals surface area contributed by atoms with E-state index in [4.69, 9.17) is 14.3 Å². The first kappa shape index (κ1) is 24.9. The molecule has 2 heterocycles. The molecular formula is C24H31N3O5S. The summed E-state index contributed by atoms with van der Waals surface area (Å²) in [5.41, 5.74) is 3.84. The molecule has 3 rings (SSSR count). The van der Waals surface area contributed by atoms with Crippen molar-refractivity contribution in [3.05, 3.63) is 39.8 Å². The zero-order valence-corrected chi connectivity index (χ0v) is 20.5. The molecule has 0 bridgehead atoms. The highest BCUT2D eigenvalue weighted by Gasteiger charge is 2.17. The summed E-state index contributed by atoms with van der Waals surface area (Å²) in [6, 6.07) is 5.95. The van der Waals surface area contributed by atoms with Gasteiger partial charge in [0.05, 0.1) is 4.88 Å². The smallest absolute Gasteiger partial charge is 0.258 e. The molecule has 0 aliphatic rings. The second-order valence-electron chi connectivity index (χ2n) is 8.57. The van der Waals surface area contributed by atoms with E-state index >= 15 is 0 Å². The van der Waals surface area contributed by atoms with E-state index in [9.17, 15) is 9.90 Å². The third-order valence-electron chi connectivity index (χ3n) is 5.09. The molecule has 1 amide bonds. The summed E-state index contributed by atoms with van der Waals surface area (Å²) in [5, 5.41) is 29.6. The average molecular weight is 474 g/mol. The molecule has 8 nitrogen and oxygen atoms in total. The largest absolute Gasteiger partial charge is 0.490 e. The minimum absolute atomic E-state index is 0.00140. The van der Waals surface area contributed by atoms with Gasteiger partial charge in [-0.1, -0.05) is 13.8 Å². The minimum atomic E-state index is -0.896. The Hall–Kier alpha value is -2.75. The molecule has 1 atom stereocenters. The van der Waals surface area contributed by atoms with Crippen LogP contribution in [0.1, 0.15) is 35.4 Å². The normalized spacial score (nSPS) is 12.2. The lowest BCUT2D eigenvalue weighted by atomic mass is 10.0. The van der Waals surface area contributed by atoms with Crippen LogP contribution in [0.25, 0.3) is 22.2 Å². The van der Waals surface area contributed by atoms with Gasteiger partial charge in [0, 0.05) is 17.0 Å². The molecule has 3 aromatic rings. The van der Waals surface area contributed by atoms with E-state index < -0.39 is 18.6 Å². The van der Waals surface area contributed by atoms with Crippen LogP contribution in [-0.2, 0) is 11.2 Å². The highest BCUT2D eigenvalue weighted by Crippen LogP contribution is 2.34. The van der Waals surface area contributed by atoms with Crippen LogP contribution in [0, 0.1) is 26.7 Å². The molecule has 2 aromatic heterocycles. The Balaban J connectivity index is 1.71. The van der Waals surface area contributed by atoms with Crippen LogP contribution in [0.4, 0.5) is 0 Å². The molecular weight excluding hydrogens is 442 g/mol. The summed E-state index contributed by atoms with van der Waals surface area (Å²) < 4.78 is 11.8. The van der Waals surface area contributed by atoms with Crippen LogP contribution in [0.5, 0.6) is 5.75 Å². The van der Waals surface area contributed by atoms with E-state index in [0.29, 0.717) is 23.4 Å². The molecule has 0 aliphatic heterocycles. The van der Waals surface area contributed by atoms with Crippen LogP contribution >= 0.6 is 11.3 Å². The number of ether oxygens (including phenoxy) is 1. The fourth-order valence-electron chi connectivity index (χ4n) is 3.53. The molecule has 9 heteroatoms. The number of amides is 1. The summed E-state index contributed by atoms with van der Waals surface area (Å²) in [7, 11) is 0. The Labute approximate surface area is 197 Å². The van der Waals surface area contributed by atoms with Crippen molar-refractivity contribution in [1.82, 2.24) is 15.5 Å². The number of benzene rings is 1. The van der Waals surface area contributed by atoms with E-state index in [1.54, 1.807) is 11.3 Å². The summed E-state index contributed by atoms with van der Waals surface area (Å²) in [6.07, 6.45) is 0.124. The van der Waals surface area contributed by atoms with Gasteiger partial charge in [0.25, 0.3) is 5.89 Å². The van der Waals surface area contributed by atoms with Crippen molar-refractivity contribution in [2.75, 3.05) is 19.8 Å². The molecule has 0 aliphatic carbocycles. The predicted octanol–water partition coefficient (Wildman–Crippen LogP) is 3.44.